The zero-order chi connectivity index (χ0) is 30.9. The van der Waals surface area contributed by atoms with Crippen molar-refractivity contribution >= 4 is 25.3 Å². The number of amides is 1. The number of aromatic amines is 1. The number of benzene rings is 2. The lowest BCUT2D eigenvalue weighted by molar-refractivity contribution is 0.0115. The van der Waals surface area contributed by atoms with Crippen molar-refractivity contribution in [3.05, 3.63) is 83.1 Å². The third-order valence-corrected chi connectivity index (χ3v) is 16.4. The molecule has 1 saturated heterocycles. The molecule has 2 N–H and O–H groups in total. The molecule has 5 rings (SSSR count). The van der Waals surface area contributed by atoms with Crippen LogP contribution < -0.4 is 0 Å². The largest absolute Gasteiger partial charge is 0.445 e. The molecule has 2 aromatic carbocycles. The smallest absolute Gasteiger partial charge is 0.410 e. The van der Waals surface area contributed by atoms with E-state index in [1.54, 1.807) is 0 Å². The number of aliphatic hydroxyl groups excluding tert-OH is 1. The second kappa shape index (κ2) is 13.0. The van der Waals surface area contributed by atoms with E-state index in [2.05, 4.69) is 71.7 Å². The number of fused-ring (bicyclic) bond motifs is 5. The van der Waals surface area contributed by atoms with Gasteiger partial charge in [-0.05, 0) is 59.5 Å². The minimum Gasteiger partial charge on any atom is -0.445 e. The number of para-hydroxylation sites is 1. The van der Waals surface area contributed by atoms with Crippen molar-refractivity contribution in [2.75, 3.05) is 13.2 Å². The Bertz CT molecular complexity index is 1410. The van der Waals surface area contributed by atoms with Crippen molar-refractivity contribution in [1.29, 1.82) is 0 Å². The summed E-state index contributed by atoms with van der Waals surface area (Å²) in [7, 11) is -2.17. The number of hydrogen-bond acceptors (Lipinski definition) is 4. The summed E-state index contributed by atoms with van der Waals surface area (Å²) in [5, 5.41) is 12.8. The minimum atomic E-state index is -2.17. The summed E-state index contributed by atoms with van der Waals surface area (Å²) >= 11 is 0. The van der Waals surface area contributed by atoms with Gasteiger partial charge in [0, 0.05) is 41.7 Å². The first-order chi connectivity index (χ1) is 20.6. The number of allylic oxidation sites excluding steroid dienone is 1. The number of hydrogen-bond donors (Lipinski definition) is 2. The third kappa shape index (κ3) is 5.96. The molecule has 2 bridgehead atoms. The predicted octanol–water partition coefficient (Wildman–Crippen LogP) is 8.54. The van der Waals surface area contributed by atoms with Crippen LogP contribution in [0.4, 0.5) is 4.79 Å². The van der Waals surface area contributed by atoms with Crippen molar-refractivity contribution in [1.82, 2.24) is 9.88 Å². The highest BCUT2D eigenvalue weighted by Crippen LogP contribution is 2.47. The molecule has 1 amide bonds. The van der Waals surface area contributed by atoms with Crippen LogP contribution in [0.5, 0.6) is 0 Å². The Morgan fingerprint density at radius 3 is 2.33 bits per heavy atom. The van der Waals surface area contributed by atoms with Crippen LogP contribution in [0.15, 0.2) is 66.2 Å². The van der Waals surface area contributed by atoms with Gasteiger partial charge in [0.05, 0.1) is 6.10 Å². The van der Waals surface area contributed by atoms with Crippen LogP contribution in [0.2, 0.25) is 16.6 Å². The summed E-state index contributed by atoms with van der Waals surface area (Å²) in [5.41, 5.74) is 6.51. The lowest BCUT2D eigenvalue weighted by Crippen LogP contribution is -2.57. The molecule has 0 spiro atoms. The number of aromatic nitrogens is 1. The molecule has 1 fully saturated rings. The number of nitrogens with zero attached hydrogens (tertiary/aromatic N) is 1. The Labute approximate surface area is 258 Å². The molecular formula is C36H50N2O4Si. The van der Waals surface area contributed by atoms with Gasteiger partial charge in [-0.3, -0.25) is 0 Å². The fourth-order valence-corrected chi connectivity index (χ4v) is 13.8. The number of ether oxygens (including phenoxy) is 1. The molecule has 43 heavy (non-hydrogen) atoms. The fourth-order valence-electron chi connectivity index (χ4n) is 8.36. The molecule has 232 valence electrons. The van der Waals surface area contributed by atoms with Gasteiger partial charge in [0.25, 0.3) is 0 Å². The maximum absolute atomic E-state index is 14.0. The number of nitrogens with one attached hydrogen (secondary N) is 1. The number of aliphatic hydroxyl groups is 1. The topological polar surface area (TPSA) is 74.8 Å². The van der Waals surface area contributed by atoms with Crippen molar-refractivity contribution in [3.8, 4) is 0 Å². The van der Waals surface area contributed by atoms with Gasteiger partial charge in [-0.2, -0.15) is 0 Å². The van der Waals surface area contributed by atoms with E-state index in [0.717, 1.165) is 27.7 Å². The van der Waals surface area contributed by atoms with E-state index in [1.807, 2.05) is 47.4 Å². The summed E-state index contributed by atoms with van der Waals surface area (Å²) in [6.45, 7) is 17.3. The summed E-state index contributed by atoms with van der Waals surface area (Å²) < 4.78 is 13.3. The number of piperidine rings is 1. The normalized spacial score (nSPS) is 23.6. The monoisotopic (exact) mass is 602 g/mol. The number of carbonyl (C=O) groups excluding carboxylic acids is 1. The van der Waals surface area contributed by atoms with E-state index in [9.17, 15) is 9.90 Å². The number of H-pyrrole nitrogens is 1. The Balaban J connectivity index is 1.57. The molecule has 1 aliphatic carbocycles. The molecule has 6 nitrogen and oxygen atoms in total. The van der Waals surface area contributed by atoms with Gasteiger partial charge in [0.2, 0.25) is 0 Å². The highest BCUT2D eigenvalue weighted by atomic mass is 28.4. The standard InChI is InChI=1S/C36H50N2O4Si/c1-8-27-20-38(36(40)41-21-26-14-10-9-11-15-26)33-18-30-28-16-12-13-17-32(28)37-35(30)34(39)19-29(27)31(33)22-42-43(23(2)3,24(4)5)25(6)7/h8-17,23-25,29,31,33-34,37,39H,18-22H2,1-7H3/b27-8-/t29-,31-,33-,34+/m0/s1. The molecule has 2 heterocycles. The molecule has 3 aromatic rings. The average Bonchev–Trinajstić information content (AvgIpc) is 3.35. The second-order valence-electron chi connectivity index (χ2n) is 13.5. The Morgan fingerprint density at radius 2 is 1.67 bits per heavy atom. The number of likely N-dealkylation sites (tertiary alicyclic amines) is 1. The number of carbonyl (C=O) groups is 1. The van der Waals surface area contributed by atoms with E-state index in [4.69, 9.17) is 9.16 Å². The fraction of sp³-hybridized carbons (Fsp3) is 0.528. The van der Waals surface area contributed by atoms with Crippen LogP contribution >= 0.6 is 0 Å². The van der Waals surface area contributed by atoms with Gasteiger partial charge in [-0.1, -0.05) is 102 Å². The molecule has 1 aliphatic heterocycles. The van der Waals surface area contributed by atoms with E-state index in [-0.39, 0.29) is 30.6 Å². The SMILES string of the molecule is C/C=C1/CN(C(=O)OCc2ccccc2)[C@H]2Cc3c([nH]c4ccccc34)[C@H](O)C[C@@H]1[C@@H]2CO[Si](C(C)C)(C(C)C)C(C)C. The predicted molar refractivity (Wildman–Crippen MR) is 176 cm³/mol. The summed E-state index contributed by atoms with van der Waals surface area (Å²) in [4.78, 5) is 19.5. The molecule has 0 saturated carbocycles. The van der Waals surface area contributed by atoms with Crippen LogP contribution in [0.1, 0.15) is 77.8 Å². The first-order valence-corrected chi connectivity index (χ1v) is 18.3. The van der Waals surface area contributed by atoms with Crippen LogP contribution in [0.3, 0.4) is 0 Å². The number of rotatable bonds is 8. The van der Waals surface area contributed by atoms with E-state index in [0.29, 0.717) is 42.6 Å². The van der Waals surface area contributed by atoms with Gasteiger partial charge in [-0.25, -0.2) is 4.79 Å². The van der Waals surface area contributed by atoms with E-state index in [1.165, 1.54) is 5.57 Å². The minimum absolute atomic E-state index is 0.0313. The maximum Gasteiger partial charge on any atom is 0.410 e. The second-order valence-corrected chi connectivity index (χ2v) is 19.0. The first kappa shape index (κ1) is 31.5. The van der Waals surface area contributed by atoms with Crippen molar-refractivity contribution < 1.29 is 19.1 Å². The zero-order valence-electron chi connectivity index (χ0n) is 27.0. The third-order valence-electron chi connectivity index (χ3n) is 10.4. The van der Waals surface area contributed by atoms with Gasteiger partial charge in [0.1, 0.15) is 6.61 Å². The van der Waals surface area contributed by atoms with Crippen LogP contribution in [-0.2, 0) is 22.2 Å². The molecule has 7 heteroatoms. The first-order valence-electron chi connectivity index (χ1n) is 16.1. The molecule has 4 atom stereocenters. The van der Waals surface area contributed by atoms with Crippen LogP contribution in [0.25, 0.3) is 10.9 Å². The molecule has 1 aromatic heterocycles. The lowest BCUT2D eigenvalue weighted by atomic mass is 9.70. The molecule has 0 radical (unpaired) electrons. The van der Waals surface area contributed by atoms with Crippen LogP contribution in [-0.4, -0.2) is 48.6 Å². The Morgan fingerprint density at radius 1 is 1.02 bits per heavy atom. The highest BCUT2D eigenvalue weighted by molar-refractivity contribution is 6.77. The Hall–Kier alpha value is -2.87. The molecule has 0 unspecified atom stereocenters. The van der Waals surface area contributed by atoms with Crippen molar-refractivity contribution in [2.45, 2.75) is 96.7 Å². The van der Waals surface area contributed by atoms with Gasteiger partial charge in [-0.15, -0.1) is 0 Å². The zero-order valence-corrected chi connectivity index (χ0v) is 28.0. The lowest BCUT2D eigenvalue weighted by Gasteiger charge is -2.50. The van der Waals surface area contributed by atoms with Gasteiger partial charge >= 0.3 is 6.09 Å². The highest BCUT2D eigenvalue weighted by Gasteiger charge is 2.50. The summed E-state index contributed by atoms with van der Waals surface area (Å²) in [6.07, 6.45) is 2.46. The Kier molecular flexibility index (Phi) is 9.54. The van der Waals surface area contributed by atoms with Crippen molar-refractivity contribution in [3.63, 3.8) is 0 Å². The van der Waals surface area contributed by atoms with Crippen LogP contribution in [0, 0.1) is 11.8 Å². The summed E-state index contributed by atoms with van der Waals surface area (Å²) in [6, 6.07) is 18.0. The quantitative estimate of drug-likeness (QED) is 0.200. The van der Waals surface area contributed by atoms with Crippen molar-refractivity contribution in [2.24, 2.45) is 11.8 Å². The van der Waals surface area contributed by atoms with Gasteiger partial charge < -0.3 is 24.2 Å². The average molecular weight is 603 g/mol. The molecular weight excluding hydrogens is 552 g/mol. The summed E-state index contributed by atoms with van der Waals surface area (Å²) in [5.74, 6) is 0.129. The van der Waals surface area contributed by atoms with E-state index >= 15 is 0 Å². The van der Waals surface area contributed by atoms with Gasteiger partial charge in [0.15, 0.2) is 8.32 Å². The molecule has 2 aliphatic rings. The maximum atomic E-state index is 14.0. The van der Waals surface area contributed by atoms with E-state index < -0.39 is 14.4 Å².